The molecule has 0 aromatic carbocycles. The second-order valence-corrected chi connectivity index (χ2v) is 7.63. The molecule has 17 heavy (non-hydrogen) atoms. The zero-order valence-electron chi connectivity index (χ0n) is 11.2. The van der Waals surface area contributed by atoms with E-state index in [-0.39, 0.29) is 5.54 Å². The molecule has 1 aromatic rings. The van der Waals surface area contributed by atoms with Crippen molar-refractivity contribution in [3.05, 3.63) is 15.6 Å². The third-order valence-corrected chi connectivity index (χ3v) is 6.07. The van der Waals surface area contributed by atoms with Crippen LogP contribution in [0.25, 0.3) is 0 Å². The highest BCUT2D eigenvalue weighted by molar-refractivity contribution is 8.00. The van der Waals surface area contributed by atoms with Crippen LogP contribution in [0.3, 0.4) is 0 Å². The van der Waals surface area contributed by atoms with Crippen molar-refractivity contribution >= 4 is 23.1 Å². The summed E-state index contributed by atoms with van der Waals surface area (Å²) in [5.74, 6) is 1.17. The van der Waals surface area contributed by atoms with Crippen LogP contribution in [-0.4, -0.2) is 22.5 Å². The van der Waals surface area contributed by atoms with Gasteiger partial charge in [-0.15, -0.1) is 11.3 Å². The Balaban J connectivity index is 2.26. The zero-order valence-corrected chi connectivity index (χ0v) is 12.8. The normalized spacial score (nSPS) is 28.8. The van der Waals surface area contributed by atoms with E-state index >= 15 is 0 Å². The lowest BCUT2D eigenvalue weighted by atomic mass is 9.97. The average Bonchev–Trinajstić information content (AvgIpc) is 2.82. The van der Waals surface area contributed by atoms with E-state index < -0.39 is 0 Å². The van der Waals surface area contributed by atoms with Gasteiger partial charge in [0, 0.05) is 15.9 Å². The number of thiazole rings is 1. The molecule has 2 rings (SSSR count). The summed E-state index contributed by atoms with van der Waals surface area (Å²) in [5.41, 5.74) is 1.34. The second kappa shape index (κ2) is 5.29. The first kappa shape index (κ1) is 13.4. The van der Waals surface area contributed by atoms with Gasteiger partial charge in [0.15, 0.2) is 0 Å². The minimum atomic E-state index is 0.143. The first-order chi connectivity index (χ1) is 8.07. The van der Waals surface area contributed by atoms with E-state index in [1.165, 1.54) is 34.2 Å². The SMILES string of the molecule is CCCNC1(c2nc(C)c(C)s2)CSC(C)C1. The predicted molar refractivity (Wildman–Crippen MR) is 78.1 cm³/mol. The van der Waals surface area contributed by atoms with Gasteiger partial charge in [-0.1, -0.05) is 13.8 Å². The summed E-state index contributed by atoms with van der Waals surface area (Å²) in [5, 5.41) is 5.80. The second-order valence-electron chi connectivity index (χ2n) is 5.00. The van der Waals surface area contributed by atoms with Crippen molar-refractivity contribution in [1.29, 1.82) is 0 Å². The summed E-state index contributed by atoms with van der Waals surface area (Å²) in [6.45, 7) is 9.94. The van der Waals surface area contributed by atoms with Crippen molar-refractivity contribution in [3.63, 3.8) is 0 Å². The van der Waals surface area contributed by atoms with E-state index in [1.54, 1.807) is 0 Å². The fraction of sp³-hybridized carbons (Fsp3) is 0.769. The molecule has 2 nitrogen and oxygen atoms in total. The molecule has 0 bridgehead atoms. The molecule has 96 valence electrons. The van der Waals surface area contributed by atoms with E-state index in [4.69, 9.17) is 4.98 Å². The van der Waals surface area contributed by atoms with Gasteiger partial charge in [0.05, 0.1) is 11.2 Å². The van der Waals surface area contributed by atoms with Crippen LogP contribution < -0.4 is 5.32 Å². The number of aromatic nitrogens is 1. The third kappa shape index (κ3) is 2.69. The van der Waals surface area contributed by atoms with Gasteiger partial charge in [0.1, 0.15) is 5.01 Å². The molecule has 2 unspecified atom stereocenters. The maximum atomic E-state index is 4.79. The highest BCUT2D eigenvalue weighted by Gasteiger charge is 2.41. The highest BCUT2D eigenvalue weighted by atomic mass is 32.2. The summed E-state index contributed by atoms with van der Waals surface area (Å²) in [6.07, 6.45) is 2.40. The van der Waals surface area contributed by atoms with Gasteiger partial charge in [0.2, 0.25) is 0 Å². The van der Waals surface area contributed by atoms with E-state index in [9.17, 15) is 0 Å². The molecular weight excluding hydrogens is 248 g/mol. The van der Waals surface area contributed by atoms with Crippen LogP contribution in [0.2, 0.25) is 0 Å². The lowest BCUT2D eigenvalue weighted by Gasteiger charge is -2.27. The molecule has 1 fully saturated rings. The molecule has 1 N–H and O–H groups in total. The van der Waals surface area contributed by atoms with E-state index in [0.717, 1.165) is 11.8 Å². The first-order valence-corrected chi connectivity index (χ1v) is 8.25. The minimum Gasteiger partial charge on any atom is -0.305 e. The molecule has 1 saturated heterocycles. The number of thioether (sulfide) groups is 1. The monoisotopic (exact) mass is 270 g/mol. The molecule has 1 aromatic heterocycles. The van der Waals surface area contributed by atoms with E-state index in [0.29, 0.717) is 0 Å². The lowest BCUT2D eigenvalue weighted by molar-refractivity contribution is 0.362. The molecule has 0 amide bonds. The Labute approximate surface area is 113 Å². The molecule has 0 saturated carbocycles. The van der Waals surface area contributed by atoms with Crippen molar-refractivity contribution in [2.75, 3.05) is 12.3 Å². The molecule has 0 radical (unpaired) electrons. The number of hydrogen-bond acceptors (Lipinski definition) is 4. The molecule has 0 spiro atoms. The van der Waals surface area contributed by atoms with Crippen molar-refractivity contribution in [2.24, 2.45) is 0 Å². The Bertz CT molecular complexity index is 369. The quantitative estimate of drug-likeness (QED) is 0.906. The summed E-state index contributed by atoms with van der Waals surface area (Å²) in [7, 11) is 0. The van der Waals surface area contributed by atoms with Crippen molar-refractivity contribution in [1.82, 2.24) is 10.3 Å². The summed E-state index contributed by atoms with van der Waals surface area (Å²) < 4.78 is 0. The Hall–Kier alpha value is -0.0600. The maximum Gasteiger partial charge on any atom is 0.114 e. The molecule has 4 heteroatoms. The van der Waals surface area contributed by atoms with Gasteiger partial charge in [0.25, 0.3) is 0 Å². The molecule has 1 aliphatic heterocycles. The smallest absolute Gasteiger partial charge is 0.114 e. The Morgan fingerprint density at radius 2 is 2.24 bits per heavy atom. The van der Waals surface area contributed by atoms with E-state index in [2.05, 4.69) is 44.8 Å². The topological polar surface area (TPSA) is 24.9 Å². The van der Waals surface area contributed by atoms with Gasteiger partial charge in [-0.2, -0.15) is 11.8 Å². The first-order valence-electron chi connectivity index (χ1n) is 6.38. The number of nitrogens with one attached hydrogen (secondary N) is 1. The molecular formula is C13H22N2S2. The van der Waals surface area contributed by atoms with E-state index in [1.807, 2.05) is 11.3 Å². The Kier molecular flexibility index (Phi) is 4.16. The molecule has 1 aliphatic rings. The van der Waals surface area contributed by atoms with Crippen molar-refractivity contribution in [3.8, 4) is 0 Å². The van der Waals surface area contributed by atoms with Gasteiger partial charge in [-0.3, -0.25) is 0 Å². The average molecular weight is 270 g/mol. The number of nitrogens with zero attached hydrogens (tertiary/aromatic N) is 1. The van der Waals surface area contributed by atoms with Crippen LogP contribution in [0.15, 0.2) is 0 Å². The summed E-state index contributed by atoms with van der Waals surface area (Å²) in [6, 6.07) is 0. The standard InChI is InChI=1S/C13H22N2S2/c1-5-6-14-13(7-9(2)16-8-13)12-15-10(3)11(4)17-12/h9,14H,5-8H2,1-4H3. The van der Waals surface area contributed by atoms with Crippen LogP contribution in [-0.2, 0) is 5.54 Å². The van der Waals surface area contributed by atoms with Crippen LogP contribution in [0.5, 0.6) is 0 Å². The van der Waals surface area contributed by atoms with Crippen molar-refractivity contribution in [2.45, 2.75) is 51.3 Å². The van der Waals surface area contributed by atoms with Gasteiger partial charge in [-0.25, -0.2) is 4.98 Å². The number of aryl methyl sites for hydroxylation is 2. The Morgan fingerprint density at radius 3 is 2.71 bits per heavy atom. The lowest BCUT2D eigenvalue weighted by Crippen LogP contribution is -2.43. The molecule has 2 heterocycles. The predicted octanol–water partition coefficient (Wildman–Crippen LogP) is 3.48. The number of rotatable bonds is 4. The van der Waals surface area contributed by atoms with Crippen molar-refractivity contribution < 1.29 is 0 Å². The van der Waals surface area contributed by atoms with Crippen LogP contribution in [0.4, 0.5) is 0 Å². The van der Waals surface area contributed by atoms with Gasteiger partial charge in [-0.05, 0) is 33.2 Å². The Morgan fingerprint density at radius 1 is 1.47 bits per heavy atom. The highest BCUT2D eigenvalue weighted by Crippen LogP contribution is 2.43. The van der Waals surface area contributed by atoms with Crippen LogP contribution in [0.1, 0.15) is 42.3 Å². The van der Waals surface area contributed by atoms with Gasteiger partial charge < -0.3 is 5.32 Å². The summed E-state index contributed by atoms with van der Waals surface area (Å²) in [4.78, 5) is 6.16. The maximum absolute atomic E-state index is 4.79. The summed E-state index contributed by atoms with van der Waals surface area (Å²) >= 11 is 3.94. The zero-order chi connectivity index (χ0) is 12.5. The number of hydrogen-bond donors (Lipinski definition) is 1. The molecule has 2 atom stereocenters. The van der Waals surface area contributed by atoms with Gasteiger partial charge >= 0.3 is 0 Å². The fourth-order valence-corrected chi connectivity index (χ4v) is 4.79. The van der Waals surface area contributed by atoms with Crippen LogP contribution in [0, 0.1) is 13.8 Å². The van der Waals surface area contributed by atoms with Crippen LogP contribution >= 0.6 is 23.1 Å². The third-order valence-electron chi connectivity index (χ3n) is 3.40. The largest absolute Gasteiger partial charge is 0.305 e. The fourth-order valence-electron chi connectivity index (χ4n) is 2.28. The molecule has 0 aliphatic carbocycles. The minimum absolute atomic E-state index is 0.143.